The molecule has 0 aliphatic carbocycles. The van der Waals surface area contributed by atoms with Gasteiger partial charge >= 0.3 is 0 Å². The Morgan fingerprint density at radius 3 is 2.48 bits per heavy atom. The van der Waals surface area contributed by atoms with Crippen molar-refractivity contribution in [2.75, 3.05) is 27.3 Å². The molecule has 1 unspecified atom stereocenters. The van der Waals surface area contributed by atoms with E-state index in [1.54, 1.807) is 7.11 Å². The normalized spacial score (nSPS) is 12.4. The molecule has 0 saturated carbocycles. The van der Waals surface area contributed by atoms with Crippen LogP contribution in [-0.4, -0.2) is 42.4 Å². The molecular formula is C18H22BrNO3. The third-order valence-electron chi connectivity index (χ3n) is 3.75. The number of benzene rings is 2. The average Bonchev–Trinajstić information content (AvgIpc) is 2.55. The molecule has 2 rings (SSSR count). The largest absolute Gasteiger partial charge is 0.497 e. The van der Waals surface area contributed by atoms with Crippen molar-refractivity contribution in [3.63, 3.8) is 0 Å². The molecule has 2 aromatic rings. The maximum absolute atomic E-state index is 10.7. The second-order valence-electron chi connectivity index (χ2n) is 5.48. The van der Waals surface area contributed by atoms with Crippen LogP contribution in [0.25, 0.3) is 0 Å². The fourth-order valence-electron chi connectivity index (χ4n) is 2.48. The van der Waals surface area contributed by atoms with Crippen molar-refractivity contribution in [2.45, 2.75) is 12.6 Å². The van der Waals surface area contributed by atoms with Gasteiger partial charge in [0.1, 0.15) is 11.9 Å². The van der Waals surface area contributed by atoms with Gasteiger partial charge in [0.05, 0.1) is 13.7 Å². The van der Waals surface area contributed by atoms with Gasteiger partial charge in [0.25, 0.3) is 0 Å². The lowest BCUT2D eigenvalue weighted by Gasteiger charge is -2.21. The lowest BCUT2D eigenvalue weighted by Crippen LogP contribution is -2.22. The predicted molar refractivity (Wildman–Crippen MR) is 94.6 cm³/mol. The fourth-order valence-corrected chi connectivity index (χ4v) is 2.89. The molecule has 0 spiro atoms. The average molecular weight is 380 g/mol. The number of nitrogens with zero attached hydrogens (tertiary/aromatic N) is 1. The Morgan fingerprint density at radius 2 is 1.87 bits per heavy atom. The molecule has 2 aromatic carbocycles. The summed E-state index contributed by atoms with van der Waals surface area (Å²) in [4.78, 5) is 2.02. The van der Waals surface area contributed by atoms with Crippen molar-refractivity contribution >= 4 is 15.9 Å². The van der Waals surface area contributed by atoms with Gasteiger partial charge in [-0.25, -0.2) is 0 Å². The zero-order valence-electron chi connectivity index (χ0n) is 13.4. The molecule has 0 aliphatic heterocycles. The molecule has 2 N–H and O–H groups in total. The zero-order chi connectivity index (χ0) is 16.8. The minimum atomic E-state index is -0.702. The summed E-state index contributed by atoms with van der Waals surface area (Å²) < 4.78 is 6.12. The molecule has 0 heterocycles. The van der Waals surface area contributed by atoms with E-state index in [1.807, 2.05) is 54.4 Å². The first-order valence-corrected chi connectivity index (χ1v) is 8.24. The third kappa shape index (κ3) is 4.78. The maximum Gasteiger partial charge on any atom is 0.118 e. The van der Waals surface area contributed by atoms with Gasteiger partial charge in [-0.1, -0.05) is 34.1 Å². The maximum atomic E-state index is 10.7. The first-order valence-electron chi connectivity index (χ1n) is 7.45. The van der Waals surface area contributed by atoms with E-state index in [4.69, 9.17) is 9.84 Å². The van der Waals surface area contributed by atoms with Crippen molar-refractivity contribution in [1.29, 1.82) is 0 Å². The molecule has 124 valence electrons. The van der Waals surface area contributed by atoms with Crippen molar-refractivity contribution in [3.05, 3.63) is 63.6 Å². The quantitative estimate of drug-likeness (QED) is 0.776. The Kier molecular flexibility index (Phi) is 6.59. The Bertz CT molecular complexity index is 631. The van der Waals surface area contributed by atoms with Crippen molar-refractivity contribution < 1.29 is 14.9 Å². The monoisotopic (exact) mass is 379 g/mol. The van der Waals surface area contributed by atoms with Gasteiger partial charge in [0.2, 0.25) is 0 Å². The summed E-state index contributed by atoms with van der Waals surface area (Å²) in [5, 5.41) is 19.8. The van der Waals surface area contributed by atoms with Crippen LogP contribution >= 0.6 is 15.9 Å². The highest BCUT2D eigenvalue weighted by atomic mass is 79.9. The van der Waals surface area contributed by atoms with Gasteiger partial charge < -0.3 is 14.9 Å². The summed E-state index contributed by atoms with van der Waals surface area (Å²) in [6.45, 7) is 1.36. The SMILES string of the molecule is COc1ccc(C(O)c2ccc(Br)cc2CN(C)CCO)cc1. The summed E-state index contributed by atoms with van der Waals surface area (Å²) in [7, 11) is 3.57. The van der Waals surface area contributed by atoms with Crippen molar-refractivity contribution in [3.8, 4) is 5.75 Å². The van der Waals surface area contributed by atoms with E-state index in [2.05, 4.69) is 15.9 Å². The van der Waals surface area contributed by atoms with Gasteiger partial charge in [-0.05, 0) is 48.0 Å². The fraction of sp³-hybridized carbons (Fsp3) is 0.333. The molecular weight excluding hydrogens is 358 g/mol. The second kappa shape index (κ2) is 8.45. The van der Waals surface area contributed by atoms with E-state index in [0.717, 1.165) is 26.9 Å². The van der Waals surface area contributed by atoms with Crippen LogP contribution in [0, 0.1) is 0 Å². The number of ether oxygens (including phenoxy) is 1. The number of rotatable bonds is 7. The molecule has 5 heteroatoms. The number of methoxy groups -OCH3 is 1. The highest BCUT2D eigenvalue weighted by Gasteiger charge is 2.16. The minimum Gasteiger partial charge on any atom is -0.497 e. The number of hydrogen-bond donors (Lipinski definition) is 2. The molecule has 0 radical (unpaired) electrons. The molecule has 0 aromatic heterocycles. The highest BCUT2D eigenvalue weighted by Crippen LogP contribution is 2.29. The summed E-state index contributed by atoms with van der Waals surface area (Å²) in [5.74, 6) is 0.764. The van der Waals surface area contributed by atoms with E-state index in [9.17, 15) is 5.11 Å². The van der Waals surface area contributed by atoms with Gasteiger partial charge in [-0.3, -0.25) is 4.90 Å². The lowest BCUT2D eigenvalue weighted by atomic mass is 9.96. The molecule has 23 heavy (non-hydrogen) atoms. The molecule has 0 amide bonds. The molecule has 0 fully saturated rings. The Morgan fingerprint density at radius 1 is 1.17 bits per heavy atom. The van der Waals surface area contributed by atoms with Crippen LogP contribution in [0.15, 0.2) is 46.9 Å². The zero-order valence-corrected chi connectivity index (χ0v) is 15.0. The molecule has 0 aliphatic rings. The number of hydrogen-bond acceptors (Lipinski definition) is 4. The number of aliphatic hydroxyl groups is 2. The van der Waals surface area contributed by atoms with Gasteiger partial charge in [-0.2, -0.15) is 0 Å². The molecule has 1 atom stereocenters. The Hall–Kier alpha value is -1.40. The Labute approximate surface area is 145 Å². The van der Waals surface area contributed by atoms with Crippen LogP contribution in [0.2, 0.25) is 0 Å². The van der Waals surface area contributed by atoms with E-state index < -0.39 is 6.10 Å². The van der Waals surface area contributed by atoms with Crippen molar-refractivity contribution in [2.24, 2.45) is 0 Å². The number of likely N-dealkylation sites (N-methyl/N-ethyl adjacent to an activating group) is 1. The summed E-state index contributed by atoms with van der Waals surface area (Å²) >= 11 is 3.48. The van der Waals surface area contributed by atoms with Gasteiger partial charge in [-0.15, -0.1) is 0 Å². The molecule has 0 saturated heterocycles. The summed E-state index contributed by atoms with van der Waals surface area (Å²) in [6, 6.07) is 13.3. The standard InChI is InChI=1S/C18H22BrNO3/c1-20(9-10-21)12-14-11-15(19)5-8-17(14)18(22)13-3-6-16(23-2)7-4-13/h3-8,11,18,21-22H,9-10,12H2,1-2H3. The predicted octanol–water partition coefficient (Wildman–Crippen LogP) is 2.96. The van der Waals surface area contributed by atoms with Gasteiger partial charge in [0, 0.05) is 17.6 Å². The van der Waals surface area contributed by atoms with Crippen molar-refractivity contribution in [1.82, 2.24) is 4.90 Å². The van der Waals surface area contributed by atoms with Gasteiger partial charge in [0.15, 0.2) is 0 Å². The minimum absolute atomic E-state index is 0.112. The van der Waals surface area contributed by atoms with E-state index in [1.165, 1.54) is 0 Å². The highest BCUT2D eigenvalue weighted by molar-refractivity contribution is 9.10. The molecule has 0 bridgehead atoms. The van der Waals surface area contributed by atoms with Crippen LogP contribution < -0.4 is 4.74 Å². The third-order valence-corrected chi connectivity index (χ3v) is 4.25. The first kappa shape index (κ1) is 17.9. The summed E-state index contributed by atoms with van der Waals surface area (Å²) in [6.07, 6.45) is -0.702. The van der Waals surface area contributed by atoms with E-state index in [-0.39, 0.29) is 6.61 Å². The van der Waals surface area contributed by atoms with Crippen LogP contribution in [-0.2, 0) is 6.54 Å². The number of halogens is 1. The second-order valence-corrected chi connectivity index (χ2v) is 6.40. The summed E-state index contributed by atoms with van der Waals surface area (Å²) in [5.41, 5.74) is 2.71. The van der Waals surface area contributed by atoms with Crippen LogP contribution in [0.1, 0.15) is 22.8 Å². The topological polar surface area (TPSA) is 52.9 Å². The van der Waals surface area contributed by atoms with Crippen LogP contribution in [0.4, 0.5) is 0 Å². The van der Waals surface area contributed by atoms with E-state index in [0.29, 0.717) is 13.1 Å². The smallest absolute Gasteiger partial charge is 0.118 e. The van der Waals surface area contributed by atoms with Crippen LogP contribution in [0.5, 0.6) is 5.75 Å². The first-order chi connectivity index (χ1) is 11.0. The number of aliphatic hydroxyl groups excluding tert-OH is 2. The molecule has 4 nitrogen and oxygen atoms in total. The van der Waals surface area contributed by atoms with Crippen LogP contribution in [0.3, 0.4) is 0 Å². The Balaban J connectivity index is 2.29. The lowest BCUT2D eigenvalue weighted by molar-refractivity contribution is 0.206. The van der Waals surface area contributed by atoms with E-state index >= 15 is 0 Å².